The maximum atomic E-state index is 12.3. The van der Waals surface area contributed by atoms with Gasteiger partial charge in [-0.05, 0) is 29.3 Å². The molecule has 0 aliphatic carbocycles. The van der Waals surface area contributed by atoms with E-state index in [0.717, 1.165) is 11.1 Å². The van der Waals surface area contributed by atoms with Crippen LogP contribution in [-0.2, 0) is 13.1 Å². The summed E-state index contributed by atoms with van der Waals surface area (Å²) in [6.07, 6.45) is 5.38. The number of halogens is 1. The zero-order valence-electron chi connectivity index (χ0n) is 12.4. The Morgan fingerprint density at radius 1 is 1.17 bits per heavy atom. The molecule has 0 atom stereocenters. The van der Waals surface area contributed by atoms with Gasteiger partial charge in [-0.2, -0.15) is 0 Å². The molecule has 3 rings (SSSR count). The Morgan fingerprint density at radius 3 is 2.83 bits per heavy atom. The van der Waals surface area contributed by atoms with E-state index in [2.05, 4.69) is 10.3 Å². The van der Waals surface area contributed by atoms with Gasteiger partial charge in [-0.15, -0.1) is 0 Å². The lowest BCUT2D eigenvalue weighted by atomic mass is 10.1. The molecule has 1 aromatic heterocycles. The highest BCUT2D eigenvalue weighted by Crippen LogP contribution is 2.15. The summed E-state index contributed by atoms with van der Waals surface area (Å²) < 4.78 is 1.96. The van der Waals surface area contributed by atoms with Crippen LogP contribution in [0.3, 0.4) is 0 Å². The van der Waals surface area contributed by atoms with Crippen molar-refractivity contribution in [3.8, 4) is 0 Å². The fourth-order valence-electron chi connectivity index (χ4n) is 2.32. The highest BCUT2D eigenvalue weighted by Gasteiger charge is 2.07. The first-order chi connectivity index (χ1) is 11.2. The van der Waals surface area contributed by atoms with Gasteiger partial charge in [0.1, 0.15) is 0 Å². The fourth-order valence-corrected chi connectivity index (χ4v) is 2.52. The third kappa shape index (κ3) is 3.99. The SMILES string of the molecule is O=C(NCc1ccccc1Cl)c1cccc(Cn2ccnc2)c1. The smallest absolute Gasteiger partial charge is 0.251 e. The molecule has 0 aliphatic heterocycles. The van der Waals surface area contributed by atoms with Gasteiger partial charge in [-0.25, -0.2) is 4.98 Å². The number of amides is 1. The van der Waals surface area contributed by atoms with E-state index < -0.39 is 0 Å². The van der Waals surface area contributed by atoms with Crippen LogP contribution in [-0.4, -0.2) is 15.5 Å². The zero-order chi connectivity index (χ0) is 16.1. The van der Waals surface area contributed by atoms with Crippen LogP contribution in [0.4, 0.5) is 0 Å². The minimum absolute atomic E-state index is 0.114. The van der Waals surface area contributed by atoms with Crippen molar-refractivity contribution in [2.24, 2.45) is 0 Å². The van der Waals surface area contributed by atoms with E-state index in [0.29, 0.717) is 23.7 Å². The van der Waals surface area contributed by atoms with Gasteiger partial charge in [0, 0.05) is 36.1 Å². The molecule has 1 amide bonds. The summed E-state index contributed by atoms with van der Waals surface area (Å²) in [7, 11) is 0. The third-order valence-electron chi connectivity index (χ3n) is 3.51. The summed E-state index contributed by atoms with van der Waals surface area (Å²) in [6, 6.07) is 15.1. The number of carbonyl (C=O) groups is 1. The number of aromatic nitrogens is 2. The first-order valence-electron chi connectivity index (χ1n) is 7.28. The van der Waals surface area contributed by atoms with Crippen LogP contribution in [0.5, 0.6) is 0 Å². The molecule has 2 aromatic carbocycles. The monoisotopic (exact) mass is 325 g/mol. The van der Waals surface area contributed by atoms with Crippen molar-refractivity contribution >= 4 is 17.5 Å². The number of nitrogens with zero attached hydrogens (tertiary/aromatic N) is 2. The Balaban J connectivity index is 1.66. The second-order valence-corrected chi connectivity index (χ2v) is 5.62. The summed E-state index contributed by atoms with van der Waals surface area (Å²) >= 11 is 6.10. The number of hydrogen-bond acceptors (Lipinski definition) is 2. The molecule has 0 saturated carbocycles. The first kappa shape index (κ1) is 15.3. The predicted octanol–water partition coefficient (Wildman–Crippen LogP) is 3.51. The van der Waals surface area contributed by atoms with Gasteiger partial charge < -0.3 is 9.88 Å². The molecule has 0 radical (unpaired) electrons. The van der Waals surface area contributed by atoms with Crippen LogP contribution in [0, 0.1) is 0 Å². The molecule has 116 valence electrons. The van der Waals surface area contributed by atoms with Gasteiger partial charge in [-0.1, -0.05) is 41.9 Å². The van der Waals surface area contributed by atoms with Crippen molar-refractivity contribution < 1.29 is 4.79 Å². The lowest BCUT2D eigenvalue weighted by molar-refractivity contribution is 0.0951. The lowest BCUT2D eigenvalue weighted by Crippen LogP contribution is -2.23. The van der Waals surface area contributed by atoms with E-state index >= 15 is 0 Å². The van der Waals surface area contributed by atoms with Gasteiger partial charge >= 0.3 is 0 Å². The molecular weight excluding hydrogens is 310 g/mol. The average Bonchev–Trinajstić information content (AvgIpc) is 3.07. The third-order valence-corrected chi connectivity index (χ3v) is 3.88. The molecule has 0 spiro atoms. The summed E-state index contributed by atoms with van der Waals surface area (Å²) in [5.41, 5.74) is 2.58. The van der Waals surface area contributed by atoms with E-state index in [9.17, 15) is 4.79 Å². The highest BCUT2D eigenvalue weighted by molar-refractivity contribution is 6.31. The van der Waals surface area contributed by atoms with Crippen LogP contribution in [0.2, 0.25) is 5.02 Å². The normalized spacial score (nSPS) is 10.5. The summed E-state index contributed by atoms with van der Waals surface area (Å²) in [5, 5.41) is 3.55. The van der Waals surface area contributed by atoms with Crippen molar-refractivity contribution in [3.63, 3.8) is 0 Å². The average molecular weight is 326 g/mol. The standard InChI is InChI=1S/C18H16ClN3O/c19-17-7-2-1-5-16(17)11-21-18(23)15-6-3-4-14(10-15)12-22-9-8-20-13-22/h1-10,13H,11-12H2,(H,21,23). The van der Waals surface area contributed by atoms with Gasteiger partial charge in [0.15, 0.2) is 0 Å². The number of benzene rings is 2. The Hall–Kier alpha value is -2.59. The highest BCUT2D eigenvalue weighted by atomic mass is 35.5. The Labute approximate surface area is 139 Å². The molecule has 23 heavy (non-hydrogen) atoms. The van der Waals surface area contributed by atoms with E-state index in [-0.39, 0.29) is 5.91 Å². The van der Waals surface area contributed by atoms with Crippen molar-refractivity contribution in [3.05, 3.63) is 89.0 Å². The summed E-state index contributed by atoms with van der Waals surface area (Å²) in [5.74, 6) is -0.114. The molecule has 5 heteroatoms. The van der Waals surface area contributed by atoms with Crippen LogP contribution in [0.15, 0.2) is 67.3 Å². The van der Waals surface area contributed by atoms with Gasteiger partial charge in [0.25, 0.3) is 5.91 Å². The number of hydrogen-bond donors (Lipinski definition) is 1. The zero-order valence-corrected chi connectivity index (χ0v) is 13.2. The van der Waals surface area contributed by atoms with Gasteiger partial charge in [0.05, 0.1) is 6.33 Å². The van der Waals surface area contributed by atoms with E-state index in [1.165, 1.54) is 0 Å². The van der Waals surface area contributed by atoms with Crippen molar-refractivity contribution in [1.29, 1.82) is 0 Å². The molecule has 0 unspecified atom stereocenters. The number of imidazole rings is 1. The summed E-state index contributed by atoms with van der Waals surface area (Å²) in [4.78, 5) is 16.3. The van der Waals surface area contributed by atoms with Crippen LogP contribution in [0.1, 0.15) is 21.5 Å². The maximum Gasteiger partial charge on any atom is 0.251 e. The second kappa shape index (κ2) is 7.11. The van der Waals surface area contributed by atoms with Crippen molar-refractivity contribution in [2.45, 2.75) is 13.1 Å². The molecule has 4 nitrogen and oxygen atoms in total. The summed E-state index contributed by atoms with van der Waals surface area (Å²) in [6.45, 7) is 1.09. The maximum absolute atomic E-state index is 12.3. The molecule has 3 aromatic rings. The number of carbonyl (C=O) groups excluding carboxylic acids is 1. The van der Waals surface area contributed by atoms with Crippen LogP contribution in [0.25, 0.3) is 0 Å². The van der Waals surface area contributed by atoms with Crippen molar-refractivity contribution in [2.75, 3.05) is 0 Å². The minimum atomic E-state index is -0.114. The topological polar surface area (TPSA) is 46.9 Å². The van der Waals surface area contributed by atoms with E-state index in [1.807, 2.05) is 53.2 Å². The Bertz CT molecular complexity index is 800. The van der Waals surface area contributed by atoms with Gasteiger partial charge in [0.2, 0.25) is 0 Å². The molecule has 1 heterocycles. The van der Waals surface area contributed by atoms with Gasteiger partial charge in [-0.3, -0.25) is 4.79 Å². The fraction of sp³-hybridized carbons (Fsp3) is 0.111. The largest absolute Gasteiger partial charge is 0.348 e. The Kier molecular flexibility index (Phi) is 4.74. The van der Waals surface area contributed by atoms with Crippen LogP contribution >= 0.6 is 11.6 Å². The Morgan fingerprint density at radius 2 is 2.04 bits per heavy atom. The first-order valence-corrected chi connectivity index (χ1v) is 7.66. The molecule has 0 bridgehead atoms. The molecule has 1 N–H and O–H groups in total. The quantitative estimate of drug-likeness (QED) is 0.780. The second-order valence-electron chi connectivity index (χ2n) is 5.21. The predicted molar refractivity (Wildman–Crippen MR) is 90.4 cm³/mol. The number of rotatable bonds is 5. The van der Waals surface area contributed by atoms with E-state index in [4.69, 9.17) is 11.6 Å². The minimum Gasteiger partial charge on any atom is -0.348 e. The van der Waals surface area contributed by atoms with Crippen molar-refractivity contribution in [1.82, 2.24) is 14.9 Å². The lowest BCUT2D eigenvalue weighted by Gasteiger charge is -2.08. The molecular formula is C18H16ClN3O. The molecule has 0 fully saturated rings. The molecule has 0 saturated heterocycles. The van der Waals surface area contributed by atoms with E-state index in [1.54, 1.807) is 18.6 Å². The van der Waals surface area contributed by atoms with Crippen LogP contribution < -0.4 is 5.32 Å². The molecule has 0 aliphatic rings. The number of nitrogens with one attached hydrogen (secondary N) is 1.